The summed E-state index contributed by atoms with van der Waals surface area (Å²) in [6.45, 7) is 0. The summed E-state index contributed by atoms with van der Waals surface area (Å²) in [6, 6.07) is 17.2. The number of hydrogen-bond acceptors (Lipinski definition) is 5. The quantitative estimate of drug-likeness (QED) is 0.571. The number of ether oxygens (including phenoxy) is 3. The fourth-order valence-electron chi connectivity index (χ4n) is 3.10. The van der Waals surface area contributed by atoms with Crippen LogP contribution in [0.15, 0.2) is 60.7 Å². The highest BCUT2D eigenvalue weighted by Crippen LogP contribution is 2.38. The maximum atomic E-state index is 13.0. The van der Waals surface area contributed by atoms with Gasteiger partial charge in [0.1, 0.15) is 6.10 Å². The van der Waals surface area contributed by atoms with Crippen molar-refractivity contribution in [1.82, 2.24) is 0 Å². The van der Waals surface area contributed by atoms with Gasteiger partial charge < -0.3 is 24.6 Å². The summed E-state index contributed by atoms with van der Waals surface area (Å²) in [7, 11) is 4.45. The van der Waals surface area contributed by atoms with Gasteiger partial charge in [0.05, 0.1) is 21.3 Å². The number of carbonyl (C=O) groups is 1. The predicted octanol–water partition coefficient (Wildman–Crippen LogP) is 4.70. The first-order valence-corrected chi connectivity index (χ1v) is 9.50. The Morgan fingerprint density at radius 2 is 1.57 bits per heavy atom. The molecule has 0 bridgehead atoms. The Labute approximate surface area is 180 Å². The van der Waals surface area contributed by atoms with Gasteiger partial charge in [-0.3, -0.25) is 4.79 Å². The minimum Gasteiger partial charge on any atom is -0.493 e. The molecule has 0 aromatic heterocycles. The number of methoxy groups -OCH3 is 3. The molecule has 1 atom stereocenters. The number of nitrogens with one attached hydrogen (secondary N) is 1. The van der Waals surface area contributed by atoms with Crippen LogP contribution in [0.25, 0.3) is 0 Å². The molecule has 1 amide bonds. The third-order valence-corrected chi connectivity index (χ3v) is 4.83. The van der Waals surface area contributed by atoms with Gasteiger partial charge in [-0.15, -0.1) is 0 Å². The summed E-state index contributed by atoms with van der Waals surface area (Å²) in [5.41, 5.74) is 1.91. The van der Waals surface area contributed by atoms with Gasteiger partial charge in [0.15, 0.2) is 11.5 Å². The molecule has 0 unspecified atom stereocenters. The monoisotopic (exact) mass is 427 g/mol. The molecule has 2 N–H and O–H groups in total. The Balaban J connectivity index is 1.96. The van der Waals surface area contributed by atoms with Gasteiger partial charge in [0, 0.05) is 21.8 Å². The average molecular weight is 428 g/mol. The normalized spacial score (nSPS) is 11.5. The van der Waals surface area contributed by atoms with E-state index in [1.165, 1.54) is 21.3 Å². The van der Waals surface area contributed by atoms with E-state index < -0.39 is 12.0 Å². The van der Waals surface area contributed by atoms with Crippen LogP contribution in [0.5, 0.6) is 17.2 Å². The minimum atomic E-state index is -0.958. The molecule has 0 saturated carbocycles. The number of carbonyl (C=O) groups excluding carboxylic acids is 1. The number of halogens is 1. The Hall–Kier alpha value is -3.22. The van der Waals surface area contributed by atoms with Gasteiger partial charge in [0.25, 0.3) is 5.91 Å². The predicted molar refractivity (Wildman–Crippen MR) is 116 cm³/mol. The number of aliphatic hydroxyl groups is 1. The van der Waals surface area contributed by atoms with Crippen LogP contribution in [0.3, 0.4) is 0 Å². The van der Waals surface area contributed by atoms with E-state index in [4.69, 9.17) is 25.8 Å². The zero-order valence-corrected chi connectivity index (χ0v) is 17.6. The lowest BCUT2D eigenvalue weighted by atomic mass is 9.99. The maximum absolute atomic E-state index is 13.0. The van der Waals surface area contributed by atoms with Crippen molar-refractivity contribution in [2.24, 2.45) is 0 Å². The van der Waals surface area contributed by atoms with Crippen molar-refractivity contribution < 1.29 is 24.1 Å². The molecular formula is C23H22ClNO5. The SMILES string of the molecule is COc1cc(C(=O)Nc2ccc(Cl)cc2[C@@H](O)c2ccccc2)cc(OC)c1OC. The molecule has 3 aromatic rings. The molecule has 0 heterocycles. The largest absolute Gasteiger partial charge is 0.493 e. The van der Waals surface area contributed by atoms with Gasteiger partial charge >= 0.3 is 0 Å². The first kappa shape index (κ1) is 21.5. The van der Waals surface area contributed by atoms with Crippen molar-refractivity contribution in [3.05, 3.63) is 82.4 Å². The van der Waals surface area contributed by atoms with Gasteiger partial charge in [-0.25, -0.2) is 0 Å². The Morgan fingerprint density at radius 1 is 0.933 bits per heavy atom. The lowest BCUT2D eigenvalue weighted by Gasteiger charge is -2.18. The van der Waals surface area contributed by atoms with Crippen LogP contribution in [0.4, 0.5) is 5.69 Å². The zero-order chi connectivity index (χ0) is 21.7. The van der Waals surface area contributed by atoms with Gasteiger partial charge in [0.2, 0.25) is 5.75 Å². The summed E-state index contributed by atoms with van der Waals surface area (Å²) in [4.78, 5) is 13.0. The number of rotatable bonds is 7. The molecule has 0 radical (unpaired) electrons. The van der Waals surface area contributed by atoms with E-state index in [0.29, 0.717) is 44.6 Å². The average Bonchev–Trinajstić information content (AvgIpc) is 2.79. The Kier molecular flexibility index (Phi) is 6.82. The number of amides is 1. The van der Waals surface area contributed by atoms with Crippen LogP contribution < -0.4 is 19.5 Å². The smallest absolute Gasteiger partial charge is 0.255 e. The molecule has 156 valence electrons. The molecule has 0 fully saturated rings. The van der Waals surface area contributed by atoms with Crippen LogP contribution in [0, 0.1) is 0 Å². The summed E-state index contributed by atoms with van der Waals surface area (Å²) in [6.07, 6.45) is -0.958. The molecule has 0 aliphatic rings. The second-order valence-electron chi connectivity index (χ2n) is 6.41. The summed E-state index contributed by atoms with van der Waals surface area (Å²) < 4.78 is 15.9. The second kappa shape index (κ2) is 9.52. The van der Waals surface area contributed by atoms with E-state index in [-0.39, 0.29) is 0 Å². The van der Waals surface area contributed by atoms with Gasteiger partial charge in [-0.05, 0) is 35.9 Å². The number of benzene rings is 3. The first-order chi connectivity index (χ1) is 14.5. The van der Waals surface area contributed by atoms with E-state index in [9.17, 15) is 9.90 Å². The molecule has 6 nitrogen and oxygen atoms in total. The Morgan fingerprint density at radius 3 is 2.13 bits per heavy atom. The van der Waals surface area contributed by atoms with Crippen LogP contribution in [-0.2, 0) is 0 Å². The fraction of sp³-hybridized carbons (Fsp3) is 0.174. The topological polar surface area (TPSA) is 77.0 Å². The lowest BCUT2D eigenvalue weighted by Crippen LogP contribution is -2.15. The van der Waals surface area contributed by atoms with Crippen LogP contribution in [0.2, 0.25) is 5.02 Å². The molecule has 30 heavy (non-hydrogen) atoms. The van der Waals surface area contributed by atoms with Crippen molar-refractivity contribution in [3.8, 4) is 17.2 Å². The highest BCUT2D eigenvalue weighted by molar-refractivity contribution is 6.30. The highest BCUT2D eigenvalue weighted by atomic mass is 35.5. The van der Waals surface area contributed by atoms with E-state index >= 15 is 0 Å². The van der Waals surface area contributed by atoms with Crippen LogP contribution >= 0.6 is 11.6 Å². The fourth-order valence-corrected chi connectivity index (χ4v) is 3.28. The molecule has 0 aliphatic carbocycles. The van der Waals surface area contributed by atoms with Crippen LogP contribution in [0.1, 0.15) is 27.6 Å². The summed E-state index contributed by atoms with van der Waals surface area (Å²) >= 11 is 6.14. The molecular weight excluding hydrogens is 406 g/mol. The molecule has 3 rings (SSSR count). The molecule has 0 saturated heterocycles. The number of aliphatic hydroxyl groups excluding tert-OH is 1. The molecule has 3 aromatic carbocycles. The van der Waals surface area contributed by atoms with Crippen LogP contribution in [-0.4, -0.2) is 32.3 Å². The minimum absolute atomic E-state index is 0.305. The number of hydrogen-bond donors (Lipinski definition) is 2. The van der Waals surface area contributed by atoms with Crippen molar-refractivity contribution in [2.45, 2.75) is 6.10 Å². The summed E-state index contributed by atoms with van der Waals surface area (Å²) in [5.74, 6) is 0.714. The first-order valence-electron chi connectivity index (χ1n) is 9.12. The summed E-state index contributed by atoms with van der Waals surface area (Å²) in [5, 5.41) is 14.1. The maximum Gasteiger partial charge on any atom is 0.255 e. The van der Waals surface area contributed by atoms with Crippen molar-refractivity contribution in [2.75, 3.05) is 26.6 Å². The van der Waals surface area contributed by atoms with Crippen molar-refractivity contribution in [1.29, 1.82) is 0 Å². The third kappa shape index (κ3) is 4.50. The highest BCUT2D eigenvalue weighted by Gasteiger charge is 2.20. The van der Waals surface area contributed by atoms with E-state index in [0.717, 1.165) is 0 Å². The second-order valence-corrected chi connectivity index (χ2v) is 6.85. The van der Waals surface area contributed by atoms with Crippen molar-refractivity contribution >= 4 is 23.2 Å². The lowest BCUT2D eigenvalue weighted by molar-refractivity contribution is 0.102. The number of anilines is 1. The standard InChI is InChI=1S/C23H22ClNO5/c1-28-19-11-15(12-20(29-2)22(19)30-3)23(27)25-18-10-9-16(24)13-17(18)21(26)14-7-5-4-6-8-14/h4-13,21,26H,1-3H3,(H,25,27)/t21-/m0/s1. The molecule has 0 spiro atoms. The van der Waals surface area contributed by atoms with E-state index in [1.54, 1.807) is 42.5 Å². The molecule has 0 aliphatic heterocycles. The van der Waals surface area contributed by atoms with E-state index in [2.05, 4.69) is 5.32 Å². The molecule has 7 heteroatoms. The Bertz CT molecular complexity index is 1010. The third-order valence-electron chi connectivity index (χ3n) is 4.60. The zero-order valence-electron chi connectivity index (χ0n) is 16.8. The van der Waals surface area contributed by atoms with E-state index in [1.807, 2.05) is 18.2 Å². The van der Waals surface area contributed by atoms with Gasteiger partial charge in [-0.1, -0.05) is 41.9 Å². The van der Waals surface area contributed by atoms with Crippen molar-refractivity contribution in [3.63, 3.8) is 0 Å². The van der Waals surface area contributed by atoms with Gasteiger partial charge in [-0.2, -0.15) is 0 Å².